The van der Waals surface area contributed by atoms with Crippen LogP contribution >= 0.6 is 0 Å². The molecule has 1 aliphatic rings. The van der Waals surface area contributed by atoms with E-state index in [0.29, 0.717) is 0 Å². The zero-order valence-corrected chi connectivity index (χ0v) is 7.60. The van der Waals surface area contributed by atoms with Gasteiger partial charge >= 0.3 is 0 Å². The molecule has 0 amide bonds. The minimum absolute atomic E-state index is 0.0915. The third-order valence-electron chi connectivity index (χ3n) is 2.70. The Bertz CT molecular complexity index is 132. The van der Waals surface area contributed by atoms with Gasteiger partial charge in [0.1, 0.15) is 5.60 Å². The molecule has 0 saturated heterocycles. The molecule has 0 spiro atoms. The first-order valence-electron chi connectivity index (χ1n) is 4.45. The molecule has 1 saturated carbocycles. The zero-order chi connectivity index (χ0) is 8.32. The van der Waals surface area contributed by atoms with Gasteiger partial charge in [-0.25, -0.2) is 0 Å². The largest absolute Gasteiger partial charge is 0.496 e. The Labute approximate surface area is 69.4 Å². The molecule has 1 aliphatic carbocycles. The minimum atomic E-state index is 0.0915. The molecule has 0 unspecified atom stereocenters. The predicted molar refractivity (Wildman–Crippen MR) is 47.3 cm³/mol. The predicted octanol–water partition coefficient (Wildman–Crippen LogP) is 3.12. The van der Waals surface area contributed by atoms with E-state index < -0.39 is 0 Å². The van der Waals surface area contributed by atoms with Crippen molar-refractivity contribution < 1.29 is 4.74 Å². The topological polar surface area (TPSA) is 9.23 Å². The van der Waals surface area contributed by atoms with Crippen LogP contribution in [-0.4, -0.2) is 5.60 Å². The third-order valence-corrected chi connectivity index (χ3v) is 2.70. The second-order valence-corrected chi connectivity index (χ2v) is 3.92. The summed E-state index contributed by atoms with van der Waals surface area (Å²) in [5.41, 5.74) is 0.0915. The maximum Gasteiger partial charge on any atom is 0.105 e. The van der Waals surface area contributed by atoms with Gasteiger partial charge in [0.05, 0.1) is 6.26 Å². The van der Waals surface area contributed by atoms with Crippen LogP contribution in [0.3, 0.4) is 0 Å². The van der Waals surface area contributed by atoms with Gasteiger partial charge in [-0.3, -0.25) is 0 Å². The Kier molecular flexibility index (Phi) is 2.58. The second-order valence-electron chi connectivity index (χ2n) is 3.92. The van der Waals surface area contributed by atoms with Crippen molar-refractivity contribution in [3.63, 3.8) is 0 Å². The first-order chi connectivity index (χ1) is 5.16. The van der Waals surface area contributed by atoms with E-state index in [4.69, 9.17) is 4.74 Å². The quantitative estimate of drug-likeness (QED) is 0.555. The van der Waals surface area contributed by atoms with Crippen molar-refractivity contribution in [2.75, 3.05) is 0 Å². The average Bonchev–Trinajstić information content (AvgIpc) is 1.97. The van der Waals surface area contributed by atoms with E-state index in [9.17, 15) is 0 Å². The van der Waals surface area contributed by atoms with E-state index in [1.54, 1.807) is 6.26 Å². The number of ether oxygens (including phenoxy) is 1. The normalized spacial score (nSPS) is 38.2. The molecule has 1 nitrogen and oxygen atoms in total. The Balaban J connectivity index is 2.41. The van der Waals surface area contributed by atoms with E-state index in [1.807, 2.05) is 0 Å². The average molecular weight is 154 g/mol. The standard InChI is InChI=1S/C10H18O/c1-4-11-10(3)7-5-9(2)6-8-10/h4,9H,1,5-8H2,2-3H3. The van der Waals surface area contributed by atoms with Crippen LogP contribution in [0.1, 0.15) is 39.5 Å². The highest BCUT2D eigenvalue weighted by atomic mass is 16.5. The highest BCUT2D eigenvalue weighted by Crippen LogP contribution is 2.34. The van der Waals surface area contributed by atoms with Crippen LogP contribution < -0.4 is 0 Å². The van der Waals surface area contributed by atoms with E-state index >= 15 is 0 Å². The summed E-state index contributed by atoms with van der Waals surface area (Å²) in [5.74, 6) is 0.886. The molecule has 1 heteroatoms. The van der Waals surface area contributed by atoms with E-state index in [2.05, 4.69) is 20.4 Å². The molecular formula is C10H18O. The maximum absolute atomic E-state index is 5.48. The maximum atomic E-state index is 5.48. The van der Waals surface area contributed by atoms with Gasteiger partial charge in [-0.2, -0.15) is 0 Å². The van der Waals surface area contributed by atoms with Gasteiger partial charge in [0.25, 0.3) is 0 Å². The second kappa shape index (κ2) is 3.29. The summed E-state index contributed by atoms with van der Waals surface area (Å²) >= 11 is 0. The summed E-state index contributed by atoms with van der Waals surface area (Å²) < 4.78 is 5.48. The first-order valence-corrected chi connectivity index (χ1v) is 4.45. The molecule has 0 atom stereocenters. The van der Waals surface area contributed by atoms with Gasteiger partial charge in [0.2, 0.25) is 0 Å². The van der Waals surface area contributed by atoms with Gasteiger partial charge in [-0.1, -0.05) is 13.5 Å². The summed E-state index contributed by atoms with van der Waals surface area (Å²) in [6, 6.07) is 0. The van der Waals surface area contributed by atoms with Gasteiger partial charge in [0, 0.05) is 0 Å². The number of rotatable bonds is 2. The molecule has 0 bridgehead atoms. The highest BCUT2D eigenvalue weighted by molar-refractivity contribution is 4.83. The van der Waals surface area contributed by atoms with Gasteiger partial charge in [-0.05, 0) is 38.5 Å². The molecular weight excluding hydrogens is 136 g/mol. The van der Waals surface area contributed by atoms with Crippen molar-refractivity contribution >= 4 is 0 Å². The molecule has 0 aromatic rings. The van der Waals surface area contributed by atoms with Crippen LogP contribution in [0.2, 0.25) is 0 Å². The summed E-state index contributed by atoms with van der Waals surface area (Å²) in [6.07, 6.45) is 6.53. The van der Waals surface area contributed by atoms with Crippen LogP contribution in [0.25, 0.3) is 0 Å². The zero-order valence-electron chi connectivity index (χ0n) is 7.60. The fourth-order valence-electron chi connectivity index (χ4n) is 1.69. The smallest absolute Gasteiger partial charge is 0.105 e. The SMILES string of the molecule is C=COC1(C)CCC(C)CC1. The number of hydrogen-bond acceptors (Lipinski definition) is 1. The summed E-state index contributed by atoms with van der Waals surface area (Å²) in [7, 11) is 0. The van der Waals surface area contributed by atoms with Gasteiger partial charge < -0.3 is 4.74 Å². The van der Waals surface area contributed by atoms with Crippen LogP contribution in [0.15, 0.2) is 12.8 Å². The van der Waals surface area contributed by atoms with Crippen LogP contribution in [0, 0.1) is 5.92 Å². The first kappa shape index (κ1) is 8.63. The molecule has 0 aromatic carbocycles. The van der Waals surface area contributed by atoms with E-state index in [0.717, 1.165) is 5.92 Å². The lowest BCUT2D eigenvalue weighted by Gasteiger charge is -2.35. The number of hydrogen-bond donors (Lipinski definition) is 0. The molecule has 0 heterocycles. The van der Waals surface area contributed by atoms with E-state index in [-0.39, 0.29) is 5.60 Å². The molecule has 0 radical (unpaired) electrons. The summed E-state index contributed by atoms with van der Waals surface area (Å²) in [6.45, 7) is 8.09. The van der Waals surface area contributed by atoms with Crippen molar-refractivity contribution in [1.82, 2.24) is 0 Å². The highest BCUT2D eigenvalue weighted by Gasteiger charge is 2.29. The lowest BCUT2D eigenvalue weighted by molar-refractivity contribution is -0.00419. The fourth-order valence-corrected chi connectivity index (χ4v) is 1.69. The molecule has 0 aliphatic heterocycles. The van der Waals surface area contributed by atoms with Gasteiger partial charge in [0.15, 0.2) is 0 Å². The van der Waals surface area contributed by atoms with Crippen molar-refractivity contribution in [2.45, 2.75) is 45.1 Å². The molecule has 1 rings (SSSR count). The molecule has 0 N–H and O–H groups in total. The molecule has 64 valence electrons. The monoisotopic (exact) mass is 154 g/mol. The lowest BCUT2D eigenvalue weighted by atomic mass is 9.81. The minimum Gasteiger partial charge on any atom is -0.496 e. The third kappa shape index (κ3) is 2.25. The van der Waals surface area contributed by atoms with Crippen molar-refractivity contribution in [1.29, 1.82) is 0 Å². The molecule has 1 fully saturated rings. The van der Waals surface area contributed by atoms with Crippen molar-refractivity contribution in [3.8, 4) is 0 Å². The van der Waals surface area contributed by atoms with Crippen molar-refractivity contribution in [2.24, 2.45) is 5.92 Å². The van der Waals surface area contributed by atoms with Crippen molar-refractivity contribution in [3.05, 3.63) is 12.8 Å². The van der Waals surface area contributed by atoms with Gasteiger partial charge in [-0.15, -0.1) is 0 Å². The molecule has 11 heavy (non-hydrogen) atoms. The Hall–Kier alpha value is -0.460. The van der Waals surface area contributed by atoms with Crippen LogP contribution in [-0.2, 0) is 4.74 Å². The van der Waals surface area contributed by atoms with Crippen LogP contribution in [0.4, 0.5) is 0 Å². The Morgan fingerprint density at radius 3 is 2.45 bits per heavy atom. The fraction of sp³-hybridized carbons (Fsp3) is 0.800. The molecule has 0 aromatic heterocycles. The Morgan fingerprint density at radius 2 is 2.00 bits per heavy atom. The summed E-state index contributed by atoms with van der Waals surface area (Å²) in [4.78, 5) is 0. The van der Waals surface area contributed by atoms with Crippen LogP contribution in [0.5, 0.6) is 0 Å². The lowest BCUT2D eigenvalue weighted by Crippen LogP contribution is -2.31. The Morgan fingerprint density at radius 1 is 1.45 bits per heavy atom. The van der Waals surface area contributed by atoms with E-state index in [1.165, 1.54) is 25.7 Å². The summed E-state index contributed by atoms with van der Waals surface area (Å²) in [5, 5.41) is 0.